The van der Waals surface area contributed by atoms with E-state index in [1.807, 2.05) is 0 Å². The average molecular weight is 453 g/mol. The Morgan fingerprint density at radius 1 is 1.12 bits per heavy atom. The number of nitrogens with one attached hydrogen (secondary N) is 1. The third-order valence-electron chi connectivity index (χ3n) is 5.84. The second-order valence-electron chi connectivity index (χ2n) is 8.17. The van der Waals surface area contributed by atoms with Gasteiger partial charge in [0.15, 0.2) is 11.9 Å². The molecule has 0 spiro atoms. The maximum absolute atomic E-state index is 13.1. The molecule has 0 unspecified atom stereocenters. The minimum atomic E-state index is -0.995. The molecule has 0 aromatic heterocycles. The first-order valence-electron chi connectivity index (χ1n) is 10.8. The lowest BCUT2D eigenvalue weighted by Gasteiger charge is -2.31. The van der Waals surface area contributed by atoms with Crippen molar-refractivity contribution in [2.24, 2.45) is 5.92 Å². The number of anilines is 1. The van der Waals surface area contributed by atoms with E-state index in [0.717, 1.165) is 12.8 Å². The summed E-state index contributed by atoms with van der Waals surface area (Å²) < 4.78 is 5.40. The van der Waals surface area contributed by atoms with E-state index < -0.39 is 22.8 Å². The zero-order valence-electron chi connectivity index (χ0n) is 18.9. The van der Waals surface area contributed by atoms with Crippen molar-refractivity contribution in [3.8, 4) is 0 Å². The summed E-state index contributed by atoms with van der Waals surface area (Å²) in [4.78, 5) is 51.1. The monoisotopic (exact) mass is 453 g/mol. The molecule has 1 aliphatic heterocycles. The Kier molecular flexibility index (Phi) is 7.42. The molecule has 1 aliphatic rings. The number of amides is 1. The number of carbonyl (C=O) groups is 3. The van der Waals surface area contributed by atoms with E-state index in [0.29, 0.717) is 19.0 Å². The summed E-state index contributed by atoms with van der Waals surface area (Å²) in [5.74, 6) is -1.07. The molecule has 1 saturated heterocycles. The average Bonchev–Trinajstić information content (AvgIpc) is 2.83. The Morgan fingerprint density at radius 3 is 2.36 bits per heavy atom. The van der Waals surface area contributed by atoms with Crippen LogP contribution in [0.3, 0.4) is 0 Å². The number of nitro groups is 1. The second kappa shape index (κ2) is 10.2. The summed E-state index contributed by atoms with van der Waals surface area (Å²) in [6, 6.07) is 10.1. The fourth-order valence-electron chi connectivity index (χ4n) is 3.81. The van der Waals surface area contributed by atoms with Gasteiger partial charge < -0.3 is 15.0 Å². The van der Waals surface area contributed by atoms with Crippen LogP contribution in [-0.2, 0) is 9.53 Å². The lowest BCUT2D eigenvalue weighted by atomic mass is 9.97. The number of piperidine rings is 1. The number of nitro benzene ring substituents is 1. The first-order chi connectivity index (χ1) is 15.7. The molecule has 9 nitrogen and oxygen atoms in total. The fourth-order valence-corrected chi connectivity index (χ4v) is 3.81. The summed E-state index contributed by atoms with van der Waals surface area (Å²) in [5.41, 5.74) is 0.116. The Labute approximate surface area is 191 Å². The molecule has 2 aromatic rings. The molecule has 2 aromatic carbocycles. The van der Waals surface area contributed by atoms with Gasteiger partial charge in [-0.25, -0.2) is 4.79 Å². The number of hydrogen-bond donors (Lipinski definition) is 1. The highest BCUT2D eigenvalue weighted by Crippen LogP contribution is 2.27. The Hall–Kier alpha value is -3.75. The Bertz CT molecular complexity index is 1080. The number of benzene rings is 2. The van der Waals surface area contributed by atoms with Crippen LogP contribution in [0.15, 0.2) is 42.5 Å². The standard InChI is InChI=1S/C24H27N3O6/c1-15-10-12-26(13-11-15)23(29)16(2)33-24(30)19-7-5-4-6-18(19)22(28)17-8-9-20(25-3)21(14-17)27(31)32/h4-9,14-16,25H,10-13H2,1-3H3/t16-/m0/s1. The number of hydrogen-bond acceptors (Lipinski definition) is 7. The van der Waals surface area contributed by atoms with Gasteiger partial charge in [-0.3, -0.25) is 19.7 Å². The Morgan fingerprint density at radius 2 is 1.76 bits per heavy atom. The fraction of sp³-hybridized carbons (Fsp3) is 0.375. The smallest absolute Gasteiger partial charge is 0.339 e. The van der Waals surface area contributed by atoms with E-state index in [-0.39, 0.29) is 34.0 Å². The second-order valence-corrected chi connectivity index (χ2v) is 8.17. The number of nitrogens with zero attached hydrogens (tertiary/aromatic N) is 2. The van der Waals surface area contributed by atoms with E-state index in [9.17, 15) is 24.5 Å². The molecule has 33 heavy (non-hydrogen) atoms. The van der Waals surface area contributed by atoms with E-state index in [4.69, 9.17) is 4.74 Å². The van der Waals surface area contributed by atoms with Gasteiger partial charge in [0.1, 0.15) is 5.69 Å². The van der Waals surface area contributed by atoms with Crippen LogP contribution in [0.4, 0.5) is 11.4 Å². The minimum Gasteiger partial charge on any atom is -0.449 e. The van der Waals surface area contributed by atoms with E-state index in [1.165, 1.54) is 37.3 Å². The summed E-state index contributed by atoms with van der Waals surface area (Å²) in [6.45, 7) is 4.90. The van der Waals surface area contributed by atoms with Gasteiger partial charge in [0.2, 0.25) is 0 Å². The molecule has 174 valence electrons. The maximum atomic E-state index is 13.1. The van der Waals surface area contributed by atoms with Gasteiger partial charge in [-0.1, -0.05) is 25.1 Å². The number of ether oxygens (including phenoxy) is 1. The van der Waals surface area contributed by atoms with E-state index in [1.54, 1.807) is 24.1 Å². The lowest BCUT2D eigenvalue weighted by molar-refractivity contribution is -0.384. The number of ketones is 1. The van der Waals surface area contributed by atoms with Gasteiger partial charge in [0.05, 0.1) is 10.5 Å². The molecular formula is C24H27N3O6. The first kappa shape index (κ1) is 23.9. The summed E-state index contributed by atoms with van der Waals surface area (Å²) in [7, 11) is 1.54. The summed E-state index contributed by atoms with van der Waals surface area (Å²) in [5, 5.41) is 14.1. The third-order valence-corrected chi connectivity index (χ3v) is 5.84. The molecule has 1 N–H and O–H groups in total. The van der Waals surface area contributed by atoms with Crippen LogP contribution in [0.25, 0.3) is 0 Å². The molecule has 1 atom stereocenters. The van der Waals surface area contributed by atoms with Crippen molar-refractivity contribution in [2.75, 3.05) is 25.5 Å². The lowest BCUT2D eigenvalue weighted by Crippen LogP contribution is -2.44. The van der Waals surface area contributed by atoms with Crippen LogP contribution in [0, 0.1) is 16.0 Å². The largest absolute Gasteiger partial charge is 0.449 e. The summed E-state index contributed by atoms with van der Waals surface area (Å²) in [6.07, 6.45) is 0.815. The number of likely N-dealkylation sites (tertiary alicyclic amines) is 1. The molecule has 1 fully saturated rings. The third kappa shape index (κ3) is 5.36. The van der Waals surface area contributed by atoms with Crippen LogP contribution in [-0.4, -0.2) is 53.7 Å². The number of rotatable bonds is 7. The Balaban J connectivity index is 1.80. The van der Waals surface area contributed by atoms with E-state index >= 15 is 0 Å². The normalized spacial score (nSPS) is 14.9. The molecule has 0 bridgehead atoms. The predicted octanol–water partition coefficient (Wildman–Crippen LogP) is 3.67. The molecule has 0 radical (unpaired) electrons. The highest BCUT2D eigenvalue weighted by atomic mass is 16.6. The highest BCUT2D eigenvalue weighted by Gasteiger charge is 2.29. The van der Waals surface area contributed by atoms with Crippen molar-refractivity contribution in [3.63, 3.8) is 0 Å². The molecule has 1 heterocycles. The van der Waals surface area contributed by atoms with Crippen molar-refractivity contribution >= 4 is 29.0 Å². The molecule has 9 heteroatoms. The predicted molar refractivity (Wildman–Crippen MR) is 122 cm³/mol. The van der Waals surface area contributed by atoms with Gasteiger partial charge in [0, 0.05) is 37.3 Å². The van der Waals surface area contributed by atoms with Crippen LogP contribution in [0.5, 0.6) is 0 Å². The quantitative estimate of drug-likeness (QED) is 0.294. The number of esters is 1. The van der Waals surface area contributed by atoms with Gasteiger partial charge >= 0.3 is 5.97 Å². The topological polar surface area (TPSA) is 119 Å². The van der Waals surface area contributed by atoms with Crippen molar-refractivity contribution < 1.29 is 24.0 Å². The summed E-state index contributed by atoms with van der Waals surface area (Å²) >= 11 is 0. The van der Waals surface area contributed by atoms with Gasteiger partial charge in [-0.05, 0) is 43.9 Å². The molecule has 3 rings (SSSR count). The van der Waals surface area contributed by atoms with Crippen molar-refractivity contribution in [3.05, 3.63) is 69.3 Å². The van der Waals surface area contributed by atoms with Crippen LogP contribution in [0.1, 0.15) is 53.0 Å². The molecular weight excluding hydrogens is 426 g/mol. The molecule has 0 aliphatic carbocycles. The minimum absolute atomic E-state index is 0.00485. The van der Waals surface area contributed by atoms with Crippen LogP contribution in [0.2, 0.25) is 0 Å². The van der Waals surface area contributed by atoms with Crippen molar-refractivity contribution in [1.82, 2.24) is 4.90 Å². The van der Waals surface area contributed by atoms with Gasteiger partial charge in [0.25, 0.3) is 11.6 Å². The first-order valence-corrected chi connectivity index (χ1v) is 10.8. The highest BCUT2D eigenvalue weighted by molar-refractivity contribution is 6.15. The van der Waals surface area contributed by atoms with Crippen molar-refractivity contribution in [1.29, 1.82) is 0 Å². The van der Waals surface area contributed by atoms with E-state index in [2.05, 4.69) is 12.2 Å². The van der Waals surface area contributed by atoms with Gasteiger partial charge in [-0.15, -0.1) is 0 Å². The SMILES string of the molecule is CNc1ccc(C(=O)c2ccccc2C(=O)O[C@@H](C)C(=O)N2CCC(C)CC2)cc1[N+](=O)[O-]. The van der Waals surface area contributed by atoms with Crippen molar-refractivity contribution in [2.45, 2.75) is 32.8 Å². The maximum Gasteiger partial charge on any atom is 0.339 e. The van der Waals surface area contributed by atoms with Crippen LogP contribution < -0.4 is 5.32 Å². The van der Waals surface area contributed by atoms with Gasteiger partial charge in [-0.2, -0.15) is 0 Å². The number of carbonyl (C=O) groups excluding carboxylic acids is 3. The molecule has 1 amide bonds. The zero-order chi connectivity index (χ0) is 24.1. The molecule has 0 saturated carbocycles. The van der Waals surface area contributed by atoms with Crippen LogP contribution >= 0.6 is 0 Å². The zero-order valence-corrected chi connectivity index (χ0v) is 18.9.